The van der Waals surface area contributed by atoms with Crippen LogP contribution >= 0.6 is 0 Å². The van der Waals surface area contributed by atoms with Gasteiger partial charge in [-0.15, -0.1) is 18.3 Å². The Labute approximate surface area is 243 Å². The molecule has 200 valence electrons. The fraction of sp³-hybridized carbons (Fsp3) is 0.0286. The topological polar surface area (TPSA) is 91.4 Å². The Kier molecular flexibility index (Phi) is 6.80. The first-order chi connectivity index (χ1) is 20.8. The van der Waals surface area contributed by atoms with E-state index in [2.05, 4.69) is 34.6 Å². The molecule has 0 unspecified atom stereocenters. The minimum Gasteiger partial charge on any atom is -0.679 e. The third kappa shape index (κ3) is 5.31. The Morgan fingerprint density at radius 3 is 1.74 bits per heavy atom. The van der Waals surface area contributed by atoms with Crippen molar-refractivity contribution in [3.63, 3.8) is 0 Å². The van der Waals surface area contributed by atoms with Gasteiger partial charge in [0, 0.05) is 17.5 Å². The van der Waals surface area contributed by atoms with Crippen molar-refractivity contribution < 1.29 is 0 Å². The maximum atomic E-state index is 4.88. The number of pyridine rings is 3. The lowest BCUT2D eigenvalue weighted by atomic mass is 10.0. The first-order valence-corrected chi connectivity index (χ1v) is 13.6. The van der Waals surface area contributed by atoms with Crippen molar-refractivity contribution in [2.75, 3.05) is 6.54 Å². The van der Waals surface area contributed by atoms with Crippen molar-refractivity contribution in [3.8, 4) is 56.9 Å². The number of hydrogen-bond acceptors (Lipinski definition) is 6. The summed E-state index contributed by atoms with van der Waals surface area (Å²) in [6.07, 6.45) is 7.72. The zero-order valence-electron chi connectivity index (χ0n) is 22.5. The molecule has 0 saturated carbocycles. The highest BCUT2D eigenvalue weighted by Crippen LogP contribution is 2.28. The van der Waals surface area contributed by atoms with Crippen molar-refractivity contribution in [1.82, 2.24) is 29.9 Å². The summed E-state index contributed by atoms with van der Waals surface area (Å²) in [5, 5.41) is 4.58. The highest BCUT2D eigenvalue weighted by Gasteiger charge is 2.15. The van der Waals surface area contributed by atoms with Gasteiger partial charge in [-0.05, 0) is 47.5 Å². The van der Waals surface area contributed by atoms with E-state index in [1.807, 2.05) is 103 Å². The molecule has 7 heteroatoms. The molecule has 0 N–H and O–H groups in total. The number of hydrogen-bond donors (Lipinski definition) is 0. The van der Waals surface area contributed by atoms with Gasteiger partial charge in [0.25, 0.3) is 0 Å². The van der Waals surface area contributed by atoms with E-state index in [9.17, 15) is 0 Å². The standard InChI is InChI=1S/C35H24N7/c1-2-10-24(11-3-1)25-18-20-26(21-19-25)33-40-34(31-16-8-14-29(38-31)27-12-4-6-22-36-27)42-35(41-33)32-17-9-15-30(39-32)28-13-5-7-23-37-28/h1-22H,23H2/q-1. The van der Waals surface area contributed by atoms with Gasteiger partial charge in [0.1, 0.15) is 11.4 Å². The molecule has 0 spiro atoms. The fourth-order valence-electron chi connectivity index (χ4n) is 4.68. The summed E-state index contributed by atoms with van der Waals surface area (Å²) in [5.41, 5.74) is 7.49. The normalized spacial score (nSPS) is 12.4. The molecule has 5 heterocycles. The molecule has 0 bridgehead atoms. The molecule has 42 heavy (non-hydrogen) atoms. The van der Waals surface area contributed by atoms with E-state index in [1.54, 1.807) is 6.20 Å². The van der Waals surface area contributed by atoms with Crippen LogP contribution in [0.4, 0.5) is 0 Å². The molecule has 4 aromatic heterocycles. The number of benzene rings is 2. The Hall–Kier alpha value is -5.82. The molecule has 0 radical (unpaired) electrons. The summed E-state index contributed by atoms with van der Waals surface area (Å²) >= 11 is 0. The molecule has 0 aliphatic carbocycles. The van der Waals surface area contributed by atoms with Crippen molar-refractivity contribution in [1.29, 1.82) is 0 Å². The van der Waals surface area contributed by atoms with Crippen LogP contribution in [0.25, 0.3) is 68.0 Å². The quantitative estimate of drug-likeness (QED) is 0.214. The van der Waals surface area contributed by atoms with Crippen LogP contribution in [0.5, 0.6) is 0 Å². The number of nitrogens with zero attached hydrogens (tertiary/aromatic N) is 7. The Morgan fingerprint density at radius 1 is 0.452 bits per heavy atom. The second-order valence-electron chi connectivity index (χ2n) is 9.60. The molecule has 6 aromatic rings. The SMILES string of the molecule is C1=CC[N-]C(c2cccc(-c3nc(-c4ccc(-c5ccccc5)cc4)nc(-c4cccc(-c5ccccn5)n4)n3)n2)=C1. The lowest BCUT2D eigenvalue weighted by Crippen LogP contribution is -2.03. The van der Waals surface area contributed by atoms with Gasteiger partial charge in [-0.25, -0.2) is 24.9 Å². The van der Waals surface area contributed by atoms with Crippen LogP contribution in [-0.4, -0.2) is 36.4 Å². The fourth-order valence-corrected chi connectivity index (χ4v) is 4.68. The maximum absolute atomic E-state index is 4.88. The van der Waals surface area contributed by atoms with Gasteiger partial charge in [-0.1, -0.05) is 84.9 Å². The van der Waals surface area contributed by atoms with Gasteiger partial charge in [-0.3, -0.25) is 4.98 Å². The highest BCUT2D eigenvalue weighted by molar-refractivity contribution is 5.76. The highest BCUT2D eigenvalue weighted by atomic mass is 15.1. The minimum absolute atomic E-state index is 0.455. The average molecular weight is 543 g/mol. The first kappa shape index (κ1) is 25.2. The maximum Gasteiger partial charge on any atom is 0.182 e. The van der Waals surface area contributed by atoms with E-state index < -0.39 is 0 Å². The summed E-state index contributed by atoms with van der Waals surface area (Å²) in [6.45, 7) is 0.634. The number of allylic oxidation sites excluding steroid dienone is 2. The molecule has 1 aliphatic rings. The van der Waals surface area contributed by atoms with Crippen LogP contribution in [0.2, 0.25) is 0 Å². The monoisotopic (exact) mass is 542 g/mol. The number of rotatable bonds is 6. The molecule has 0 saturated heterocycles. The van der Waals surface area contributed by atoms with Gasteiger partial charge >= 0.3 is 0 Å². The van der Waals surface area contributed by atoms with Crippen LogP contribution in [-0.2, 0) is 0 Å². The van der Waals surface area contributed by atoms with Crippen molar-refractivity contribution in [2.45, 2.75) is 0 Å². The third-order valence-corrected chi connectivity index (χ3v) is 6.79. The lowest BCUT2D eigenvalue weighted by molar-refractivity contribution is 1.04. The van der Waals surface area contributed by atoms with E-state index in [0.717, 1.165) is 39.5 Å². The zero-order valence-corrected chi connectivity index (χ0v) is 22.5. The second kappa shape index (κ2) is 11.3. The largest absolute Gasteiger partial charge is 0.679 e. The predicted octanol–water partition coefficient (Wildman–Crippen LogP) is 7.68. The summed E-state index contributed by atoms with van der Waals surface area (Å²) in [7, 11) is 0. The molecule has 7 rings (SSSR count). The van der Waals surface area contributed by atoms with Crippen molar-refractivity contribution in [3.05, 3.63) is 145 Å². The Bertz CT molecular complexity index is 1920. The molecule has 0 fully saturated rings. The van der Waals surface area contributed by atoms with Gasteiger partial charge in [0.05, 0.1) is 11.4 Å². The minimum atomic E-state index is 0.455. The van der Waals surface area contributed by atoms with E-state index in [1.165, 1.54) is 0 Å². The van der Waals surface area contributed by atoms with Crippen LogP contribution in [0.1, 0.15) is 5.69 Å². The lowest BCUT2D eigenvalue weighted by Gasteiger charge is -2.25. The first-order valence-electron chi connectivity index (χ1n) is 13.6. The molecule has 0 amide bonds. The smallest absolute Gasteiger partial charge is 0.182 e. The summed E-state index contributed by atoms with van der Waals surface area (Å²) in [5.74, 6) is 1.45. The summed E-state index contributed by atoms with van der Waals surface area (Å²) in [6, 6.07) is 35.8. The van der Waals surface area contributed by atoms with E-state index >= 15 is 0 Å². The zero-order chi connectivity index (χ0) is 28.1. The van der Waals surface area contributed by atoms with Gasteiger partial charge in [0.2, 0.25) is 0 Å². The molecular weight excluding hydrogens is 518 g/mol. The average Bonchev–Trinajstić information content (AvgIpc) is 3.09. The second-order valence-corrected chi connectivity index (χ2v) is 9.60. The van der Waals surface area contributed by atoms with Gasteiger partial charge < -0.3 is 5.32 Å². The summed E-state index contributed by atoms with van der Waals surface area (Å²) in [4.78, 5) is 28.8. The van der Waals surface area contributed by atoms with Gasteiger partial charge in [-0.2, -0.15) is 0 Å². The Balaban J connectivity index is 1.34. The van der Waals surface area contributed by atoms with Crippen LogP contribution in [0.3, 0.4) is 0 Å². The molecule has 2 aromatic carbocycles. The number of aromatic nitrogens is 6. The predicted molar refractivity (Wildman–Crippen MR) is 166 cm³/mol. The van der Waals surface area contributed by atoms with Crippen LogP contribution in [0, 0.1) is 0 Å². The van der Waals surface area contributed by atoms with Crippen LogP contribution in [0.15, 0.2) is 134 Å². The molecule has 1 aliphatic heterocycles. The van der Waals surface area contributed by atoms with Crippen LogP contribution < -0.4 is 0 Å². The Morgan fingerprint density at radius 2 is 1.05 bits per heavy atom. The van der Waals surface area contributed by atoms with E-state index in [4.69, 9.17) is 24.9 Å². The molecule has 0 atom stereocenters. The third-order valence-electron chi connectivity index (χ3n) is 6.79. The molecule has 7 nitrogen and oxygen atoms in total. The van der Waals surface area contributed by atoms with Crippen molar-refractivity contribution in [2.24, 2.45) is 0 Å². The van der Waals surface area contributed by atoms with E-state index in [-0.39, 0.29) is 0 Å². The molecular formula is C35H24N7-. The van der Waals surface area contributed by atoms with Crippen molar-refractivity contribution >= 4 is 5.70 Å². The van der Waals surface area contributed by atoms with Gasteiger partial charge in [0.15, 0.2) is 17.5 Å². The summed E-state index contributed by atoms with van der Waals surface area (Å²) < 4.78 is 0. The van der Waals surface area contributed by atoms with E-state index in [0.29, 0.717) is 35.4 Å².